The number of amides is 2. The molecule has 0 spiro atoms. The van der Waals surface area contributed by atoms with Crippen LogP contribution in [0.5, 0.6) is 0 Å². The van der Waals surface area contributed by atoms with Crippen molar-refractivity contribution < 1.29 is 14.0 Å². The number of nitrogens with one attached hydrogen (secondary N) is 1. The van der Waals surface area contributed by atoms with Crippen LogP contribution in [-0.4, -0.2) is 38.1 Å². The Morgan fingerprint density at radius 1 is 1.00 bits per heavy atom. The summed E-state index contributed by atoms with van der Waals surface area (Å²) >= 11 is 1.48. The number of hydrogen-bond acceptors (Lipinski definition) is 7. The second-order valence-electron chi connectivity index (χ2n) is 11.5. The van der Waals surface area contributed by atoms with E-state index in [-0.39, 0.29) is 24.4 Å². The van der Waals surface area contributed by atoms with Gasteiger partial charge in [-0.3, -0.25) is 14.5 Å². The largest absolute Gasteiger partial charge is 0.458 e. The molecule has 1 aromatic carbocycles. The molecule has 6 rings (SSSR count). The Labute approximate surface area is 250 Å². The van der Waals surface area contributed by atoms with Gasteiger partial charge in [0.1, 0.15) is 18.3 Å². The molecular weight excluding hydrogens is 548 g/mol. The number of aromatic nitrogens is 4. The highest BCUT2D eigenvalue weighted by molar-refractivity contribution is 7.10. The Morgan fingerprint density at radius 3 is 2.40 bits per heavy atom. The Balaban J connectivity index is 1.32. The zero-order chi connectivity index (χ0) is 28.9. The zero-order valence-electron chi connectivity index (χ0n) is 24.1. The normalized spacial score (nSPS) is 17.2. The molecule has 220 valence electrons. The highest BCUT2D eigenvalue weighted by Gasteiger charge is 2.35. The molecule has 0 aliphatic heterocycles. The molecule has 1 N–H and O–H groups in total. The third kappa shape index (κ3) is 6.48. The van der Waals surface area contributed by atoms with E-state index in [4.69, 9.17) is 4.42 Å². The smallest absolute Gasteiger partial charge is 0.251 e. The van der Waals surface area contributed by atoms with E-state index in [1.54, 1.807) is 11.0 Å². The Kier molecular flexibility index (Phi) is 8.79. The fourth-order valence-electron chi connectivity index (χ4n) is 6.29. The molecule has 0 bridgehead atoms. The molecule has 0 unspecified atom stereocenters. The second-order valence-corrected chi connectivity index (χ2v) is 12.5. The van der Waals surface area contributed by atoms with Crippen molar-refractivity contribution in [2.24, 2.45) is 0 Å². The minimum atomic E-state index is -0.810. The topological polar surface area (TPSA) is 106 Å². The lowest BCUT2D eigenvalue weighted by Crippen LogP contribution is -2.48. The summed E-state index contributed by atoms with van der Waals surface area (Å²) in [7, 11) is 0. The van der Waals surface area contributed by atoms with Crippen molar-refractivity contribution in [2.45, 2.75) is 95.7 Å². The first-order chi connectivity index (χ1) is 20.5. The summed E-state index contributed by atoms with van der Waals surface area (Å²) < 4.78 is 5.63. The fraction of sp³-hybridized carbons (Fsp3) is 0.469. The quantitative estimate of drug-likeness (QED) is 0.238. The van der Waals surface area contributed by atoms with Crippen molar-refractivity contribution >= 4 is 28.8 Å². The van der Waals surface area contributed by atoms with Crippen LogP contribution >= 0.6 is 11.3 Å². The minimum absolute atomic E-state index is 0.121. The van der Waals surface area contributed by atoms with Crippen molar-refractivity contribution in [3.63, 3.8) is 0 Å². The first-order valence-electron chi connectivity index (χ1n) is 15.2. The molecule has 10 heteroatoms. The van der Waals surface area contributed by atoms with E-state index in [9.17, 15) is 9.59 Å². The van der Waals surface area contributed by atoms with Gasteiger partial charge in [-0.25, -0.2) is 0 Å². The predicted molar refractivity (Wildman–Crippen MR) is 162 cm³/mol. The summed E-state index contributed by atoms with van der Waals surface area (Å²) in [6.07, 6.45) is 11.5. The lowest BCUT2D eigenvalue weighted by molar-refractivity contribution is -0.127. The molecule has 1 atom stereocenters. The molecule has 2 saturated carbocycles. The molecule has 42 heavy (non-hydrogen) atoms. The molecule has 4 aromatic rings. The Morgan fingerprint density at radius 2 is 1.74 bits per heavy atom. The van der Waals surface area contributed by atoms with Crippen molar-refractivity contribution in [1.82, 2.24) is 25.5 Å². The van der Waals surface area contributed by atoms with Crippen LogP contribution in [0.3, 0.4) is 0 Å². The third-order valence-corrected chi connectivity index (χ3v) is 9.40. The van der Waals surface area contributed by atoms with Gasteiger partial charge < -0.3 is 9.73 Å². The van der Waals surface area contributed by atoms with E-state index in [0.29, 0.717) is 23.2 Å². The van der Waals surface area contributed by atoms with Crippen LogP contribution in [0.1, 0.15) is 92.4 Å². The molecule has 3 aromatic heterocycles. The molecule has 2 amide bonds. The molecule has 2 aliphatic carbocycles. The van der Waals surface area contributed by atoms with Gasteiger partial charge in [-0.2, -0.15) is 4.80 Å². The fourth-order valence-corrected chi connectivity index (χ4v) is 7.10. The Hall–Kier alpha value is -3.79. The first-order valence-corrected chi connectivity index (χ1v) is 16.0. The number of anilines is 1. The van der Waals surface area contributed by atoms with Gasteiger partial charge in [0.15, 0.2) is 5.76 Å². The summed E-state index contributed by atoms with van der Waals surface area (Å²) in [6.45, 7) is 1.67. The summed E-state index contributed by atoms with van der Waals surface area (Å²) in [5, 5.41) is 17.8. The highest BCUT2D eigenvalue weighted by Crippen LogP contribution is 2.36. The third-order valence-electron chi connectivity index (χ3n) is 8.48. The van der Waals surface area contributed by atoms with Crippen LogP contribution in [0, 0.1) is 6.92 Å². The number of thiophene rings is 1. The molecule has 9 nitrogen and oxygen atoms in total. The standard InChI is InChI=1S/C32H38N6O3S/c1-22-14-19-27(41-22)31-34-36-37(35-31)21-29(39)38(26-17-15-24(16-18-26)23-9-4-2-5-10-23)30(28-13-8-20-42-28)32(40)33-25-11-6-3-7-12-25/h8,13-20,23,25,30H,2-7,9-12,21H2,1H3,(H,33,40)/t30-/m0/s1. The van der Waals surface area contributed by atoms with E-state index in [0.717, 1.165) is 36.3 Å². The van der Waals surface area contributed by atoms with Gasteiger partial charge in [0.2, 0.25) is 11.7 Å². The van der Waals surface area contributed by atoms with Gasteiger partial charge in [0, 0.05) is 16.6 Å². The number of benzene rings is 1. The average Bonchev–Trinajstić information content (AvgIpc) is 3.80. The van der Waals surface area contributed by atoms with Gasteiger partial charge in [-0.1, -0.05) is 56.7 Å². The van der Waals surface area contributed by atoms with Crippen molar-refractivity contribution in [3.8, 4) is 11.6 Å². The van der Waals surface area contributed by atoms with Crippen LogP contribution in [-0.2, 0) is 16.1 Å². The number of rotatable bonds is 9. The summed E-state index contributed by atoms with van der Waals surface area (Å²) in [6, 6.07) is 15.0. The summed E-state index contributed by atoms with van der Waals surface area (Å²) in [4.78, 5) is 31.9. The minimum Gasteiger partial charge on any atom is -0.458 e. The van der Waals surface area contributed by atoms with Crippen LogP contribution < -0.4 is 10.2 Å². The van der Waals surface area contributed by atoms with E-state index in [1.807, 2.05) is 42.6 Å². The zero-order valence-corrected chi connectivity index (χ0v) is 24.9. The maximum Gasteiger partial charge on any atom is 0.251 e. The van der Waals surface area contributed by atoms with E-state index < -0.39 is 6.04 Å². The lowest BCUT2D eigenvalue weighted by Gasteiger charge is -2.33. The Bertz CT molecular complexity index is 1470. The number of hydrogen-bond donors (Lipinski definition) is 1. The molecule has 0 saturated heterocycles. The average molecular weight is 587 g/mol. The van der Waals surface area contributed by atoms with E-state index in [2.05, 4.69) is 32.9 Å². The number of carbonyl (C=O) groups excluding carboxylic acids is 2. The van der Waals surface area contributed by atoms with Crippen LogP contribution in [0.2, 0.25) is 0 Å². The summed E-state index contributed by atoms with van der Waals surface area (Å²) in [5.41, 5.74) is 1.97. The lowest BCUT2D eigenvalue weighted by atomic mass is 9.84. The number of aryl methyl sites for hydroxylation is 1. The van der Waals surface area contributed by atoms with Crippen molar-refractivity contribution in [2.75, 3.05) is 4.90 Å². The molecule has 3 heterocycles. The predicted octanol–water partition coefficient (Wildman–Crippen LogP) is 6.57. The van der Waals surface area contributed by atoms with Gasteiger partial charge >= 0.3 is 0 Å². The number of nitrogens with zero attached hydrogens (tertiary/aromatic N) is 5. The molecular formula is C32H38N6O3S. The van der Waals surface area contributed by atoms with E-state index in [1.165, 1.54) is 60.2 Å². The van der Waals surface area contributed by atoms with E-state index >= 15 is 0 Å². The number of carbonyl (C=O) groups is 2. The van der Waals surface area contributed by atoms with Crippen molar-refractivity contribution in [3.05, 3.63) is 70.1 Å². The first kappa shape index (κ1) is 28.3. The molecule has 2 aliphatic rings. The van der Waals surface area contributed by atoms with Gasteiger partial charge in [0.25, 0.3) is 5.91 Å². The van der Waals surface area contributed by atoms with Crippen LogP contribution in [0.25, 0.3) is 11.6 Å². The maximum absolute atomic E-state index is 14.2. The monoisotopic (exact) mass is 586 g/mol. The summed E-state index contributed by atoms with van der Waals surface area (Å²) in [5.74, 6) is 1.63. The van der Waals surface area contributed by atoms with Gasteiger partial charge in [-0.15, -0.1) is 21.5 Å². The van der Waals surface area contributed by atoms with Gasteiger partial charge in [-0.05, 0) is 85.0 Å². The van der Waals surface area contributed by atoms with Crippen LogP contribution in [0.4, 0.5) is 5.69 Å². The molecule has 0 radical (unpaired) electrons. The maximum atomic E-state index is 14.2. The van der Waals surface area contributed by atoms with Crippen LogP contribution in [0.15, 0.2) is 58.3 Å². The van der Waals surface area contributed by atoms with Gasteiger partial charge in [0.05, 0.1) is 0 Å². The number of tetrazole rings is 1. The SMILES string of the molecule is Cc1ccc(-c2nnn(CC(=O)N(c3ccc(C4CCCCC4)cc3)[C@H](C(=O)NC3CCCCC3)c3cccs3)n2)o1. The van der Waals surface area contributed by atoms with Crippen molar-refractivity contribution in [1.29, 1.82) is 0 Å². The number of furan rings is 1. The highest BCUT2D eigenvalue weighted by atomic mass is 32.1. The molecule has 2 fully saturated rings. The second kappa shape index (κ2) is 13.0.